The van der Waals surface area contributed by atoms with E-state index in [4.69, 9.17) is 4.74 Å². The van der Waals surface area contributed by atoms with Crippen molar-refractivity contribution in [3.05, 3.63) is 29.8 Å². The van der Waals surface area contributed by atoms with Gasteiger partial charge in [-0.3, -0.25) is 4.79 Å². The van der Waals surface area contributed by atoms with Crippen LogP contribution in [0.3, 0.4) is 0 Å². The molecule has 106 valence electrons. The highest BCUT2D eigenvalue weighted by Gasteiger charge is 2.10. The molecule has 0 spiro atoms. The molecular formula is C15H23NO3. The van der Waals surface area contributed by atoms with Crippen LogP contribution in [0.4, 0.5) is 0 Å². The first-order valence-corrected chi connectivity index (χ1v) is 6.60. The van der Waals surface area contributed by atoms with E-state index in [0.29, 0.717) is 19.4 Å². The molecule has 0 fully saturated rings. The number of amides is 1. The zero-order chi connectivity index (χ0) is 14.3. The average Bonchev–Trinajstić information content (AvgIpc) is 2.42. The SMILES string of the molecule is COc1ccc(CCC(=O)NCC(O)C(C)C)cc1. The Hall–Kier alpha value is -1.55. The number of aliphatic hydroxyl groups excluding tert-OH is 1. The van der Waals surface area contributed by atoms with Gasteiger partial charge < -0.3 is 15.2 Å². The van der Waals surface area contributed by atoms with Gasteiger partial charge in [0, 0.05) is 13.0 Å². The molecule has 0 aromatic heterocycles. The average molecular weight is 265 g/mol. The maximum atomic E-state index is 11.6. The van der Waals surface area contributed by atoms with Gasteiger partial charge in [0.2, 0.25) is 5.91 Å². The van der Waals surface area contributed by atoms with Gasteiger partial charge in [-0.2, -0.15) is 0 Å². The van der Waals surface area contributed by atoms with E-state index in [0.717, 1.165) is 11.3 Å². The molecule has 2 N–H and O–H groups in total. The molecule has 0 aliphatic heterocycles. The molecule has 0 saturated heterocycles. The smallest absolute Gasteiger partial charge is 0.220 e. The quantitative estimate of drug-likeness (QED) is 0.790. The van der Waals surface area contributed by atoms with Crippen LogP contribution < -0.4 is 10.1 Å². The van der Waals surface area contributed by atoms with E-state index >= 15 is 0 Å². The van der Waals surface area contributed by atoms with Crippen molar-refractivity contribution in [3.8, 4) is 5.75 Å². The largest absolute Gasteiger partial charge is 0.497 e. The third-order valence-corrected chi connectivity index (χ3v) is 3.08. The molecule has 0 aliphatic carbocycles. The molecule has 1 rings (SSSR count). The second kappa shape index (κ2) is 7.79. The number of aryl methyl sites for hydroxylation is 1. The molecule has 0 saturated carbocycles. The van der Waals surface area contributed by atoms with Crippen molar-refractivity contribution in [1.29, 1.82) is 0 Å². The molecule has 0 bridgehead atoms. The zero-order valence-electron chi connectivity index (χ0n) is 11.8. The number of rotatable bonds is 7. The van der Waals surface area contributed by atoms with Crippen LogP contribution in [0.2, 0.25) is 0 Å². The Bertz CT molecular complexity index is 387. The lowest BCUT2D eigenvalue weighted by Crippen LogP contribution is -2.34. The lowest BCUT2D eigenvalue weighted by Gasteiger charge is -2.15. The summed E-state index contributed by atoms with van der Waals surface area (Å²) in [5, 5.41) is 12.3. The van der Waals surface area contributed by atoms with Gasteiger partial charge in [-0.1, -0.05) is 26.0 Å². The van der Waals surface area contributed by atoms with Gasteiger partial charge in [0.15, 0.2) is 0 Å². The Morgan fingerprint density at radius 1 is 1.32 bits per heavy atom. The van der Waals surface area contributed by atoms with Crippen LogP contribution >= 0.6 is 0 Å². The summed E-state index contributed by atoms with van der Waals surface area (Å²) in [6.07, 6.45) is 0.634. The molecule has 0 radical (unpaired) electrons. The minimum absolute atomic E-state index is 0.0319. The van der Waals surface area contributed by atoms with E-state index < -0.39 is 6.10 Å². The van der Waals surface area contributed by atoms with Crippen LogP contribution in [0.15, 0.2) is 24.3 Å². The number of carbonyl (C=O) groups excluding carboxylic acids is 1. The highest BCUT2D eigenvalue weighted by molar-refractivity contribution is 5.76. The predicted molar refractivity (Wildman–Crippen MR) is 75.2 cm³/mol. The number of methoxy groups -OCH3 is 1. The molecule has 1 atom stereocenters. The molecular weight excluding hydrogens is 242 g/mol. The Balaban J connectivity index is 2.29. The lowest BCUT2D eigenvalue weighted by molar-refractivity contribution is -0.121. The molecule has 1 aromatic carbocycles. The molecule has 4 heteroatoms. The summed E-state index contributed by atoms with van der Waals surface area (Å²) in [5.74, 6) is 0.936. The van der Waals surface area contributed by atoms with Gasteiger partial charge in [-0.15, -0.1) is 0 Å². The maximum absolute atomic E-state index is 11.6. The molecule has 19 heavy (non-hydrogen) atoms. The van der Waals surface area contributed by atoms with Crippen LogP contribution in [0.25, 0.3) is 0 Å². The fourth-order valence-corrected chi connectivity index (χ4v) is 1.59. The molecule has 4 nitrogen and oxygen atoms in total. The number of ether oxygens (including phenoxy) is 1. The van der Waals surface area contributed by atoms with E-state index in [1.54, 1.807) is 7.11 Å². The number of benzene rings is 1. The fraction of sp³-hybridized carbons (Fsp3) is 0.533. The molecule has 1 amide bonds. The van der Waals surface area contributed by atoms with Crippen molar-refractivity contribution >= 4 is 5.91 Å². The Morgan fingerprint density at radius 2 is 1.95 bits per heavy atom. The minimum Gasteiger partial charge on any atom is -0.497 e. The maximum Gasteiger partial charge on any atom is 0.220 e. The number of carbonyl (C=O) groups is 1. The summed E-state index contributed by atoms with van der Waals surface area (Å²) in [6.45, 7) is 4.17. The van der Waals surface area contributed by atoms with E-state index in [-0.39, 0.29) is 11.8 Å². The summed E-state index contributed by atoms with van der Waals surface area (Å²) in [6, 6.07) is 7.68. The molecule has 0 heterocycles. The van der Waals surface area contributed by atoms with Crippen molar-refractivity contribution in [2.24, 2.45) is 5.92 Å². The first-order chi connectivity index (χ1) is 9.02. The Morgan fingerprint density at radius 3 is 2.47 bits per heavy atom. The second-order valence-electron chi connectivity index (χ2n) is 4.96. The number of aliphatic hydroxyl groups is 1. The van der Waals surface area contributed by atoms with Crippen LogP contribution in [0.5, 0.6) is 5.75 Å². The van der Waals surface area contributed by atoms with E-state index in [1.165, 1.54) is 0 Å². The predicted octanol–water partition coefficient (Wildman–Crippen LogP) is 1.76. The summed E-state index contributed by atoms with van der Waals surface area (Å²) in [4.78, 5) is 11.6. The highest BCUT2D eigenvalue weighted by atomic mass is 16.5. The number of hydrogen-bond donors (Lipinski definition) is 2. The van der Waals surface area contributed by atoms with Crippen molar-refractivity contribution in [3.63, 3.8) is 0 Å². The summed E-state index contributed by atoms with van der Waals surface area (Å²) < 4.78 is 5.07. The number of nitrogens with one attached hydrogen (secondary N) is 1. The Labute approximate surface area is 114 Å². The third kappa shape index (κ3) is 5.75. The van der Waals surface area contributed by atoms with Crippen LogP contribution in [-0.2, 0) is 11.2 Å². The number of hydrogen-bond acceptors (Lipinski definition) is 3. The standard InChI is InChI=1S/C15H23NO3/c1-11(2)14(17)10-16-15(18)9-6-12-4-7-13(19-3)8-5-12/h4-5,7-8,11,14,17H,6,9-10H2,1-3H3,(H,16,18). The zero-order valence-corrected chi connectivity index (χ0v) is 11.8. The monoisotopic (exact) mass is 265 g/mol. The third-order valence-electron chi connectivity index (χ3n) is 3.08. The van der Waals surface area contributed by atoms with Crippen molar-refractivity contribution in [1.82, 2.24) is 5.32 Å². The molecule has 1 unspecified atom stereocenters. The van der Waals surface area contributed by atoms with E-state index in [9.17, 15) is 9.90 Å². The van der Waals surface area contributed by atoms with Gasteiger partial charge >= 0.3 is 0 Å². The van der Waals surface area contributed by atoms with Crippen LogP contribution in [-0.4, -0.2) is 30.8 Å². The van der Waals surface area contributed by atoms with Crippen molar-refractivity contribution in [2.45, 2.75) is 32.8 Å². The first-order valence-electron chi connectivity index (χ1n) is 6.60. The first kappa shape index (κ1) is 15.5. The van der Waals surface area contributed by atoms with Gasteiger partial charge in [-0.25, -0.2) is 0 Å². The van der Waals surface area contributed by atoms with E-state index in [1.807, 2.05) is 38.1 Å². The Kier molecular flexibility index (Phi) is 6.36. The summed E-state index contributed by atoms with van der Waals surface area (Å²) >= 11 is 0. The second-order valence-corrected chi connectivity index (χ2v) is 4.96. The van der Waals surface area contributed by atoms with Crippen molar-refractivity contribution < 1.29 is 14.6 Å². The topological polar surface area (TPSA) is 58.6 Å². The fourth-order valence-electron chi connectivity index (χ4n) is 1.59. The lowest BCUT2D eigenvalue weighted by atomic mass is 10.1. The van der Waals surface area contributed by atoms with Crippen molar-refractivity contribution in [2.75, 3.05) is 13.7 Å². The summed E-state index contributed by atoms with van der Waals surface area (Å²) in [5.41, 5.74) is 1.10. The minimum atomic E-state index is -0.482. The molecule has 0 aliphatic rings. The van der Waals surface area contributed by atoms with Gasteiger partial charge in [-0.05, 0) is 30.0 Å². The van der Waals surface area contributed by atoms with Gasteiger partial charge in [0.05, 0.1) is 13.2 Å². The highest BCUT2D eigenvalue weighted by Crippen LogP contribution is 2.12. The van der Waals surface area contributed by atoms with Gasteiger partial charge in [0.1, 0.15) is 5.75 Å². The summed E-state index contributed by atoms with van der Waals surface area (Å²) in [7, 11) is 1.63. The van der Waals surface area contributed by atoms with Crippen LogP contribution in [0, 0.1) is 5.92 Å². The normalized spacial score (nSPS) is 12.3. The van der Waals surface area contributed by atoms with Crippen LogP contribution in [0.1, 0.15) is 25.8 Å². The van der Waals surface area contributed by atoms with Gasteiger partial charge in [0.25, 0.3) is 0 Å². The molecule has 1 aromatic rings. The van der Waals surface area contributed by atoms with E-state index in [2.05, 4.69) is 5.32 Å².